The first-order valence-electron chi connectivity index (χ1n) is 7.20. The summed E-state index contributed by atoms with van der Waals surface area (Å²) in [5.41, 5.74) is 0. The lowest BCUT2D eigenvalue weighted by atomic mass is 10.2. The maximum Gasteiger partial charge on any atom is 0.332 e. The fraction of sp³-hybridized carbons (Fsp3) is 0.929. The first-order chi connectivity index (χ1) is 8.74. The van der Waals surface area contributed by atoms with Crippen molar-refractivity contribution in [2.24, 2.45) is 0 Å². The molecule has 0 atom stereocenters. The van der Waals surface area contributed by atoms with Crippen molar-refractivity contribution in [3.05, 3.63) is 0 Å². The van der Waals surface area contributed by atoms with E-state index in [9.17, 15) is 4.79 Å². The Hall–Kier alpha value is -0.610. The summed E-state index contributed by atoms with van der Waals surface area (Å²) in [4.78, 5) is 13.5. The molecule has 4 heteroatoms. The third-order valence-corrected chi connectivity index (χ3v) is 2.73. The van der Waals surface area contributed by atoms with E-state index >= 15 is 0 Å². The van der Waals surface area contributed by atoms with Gasteiger partial charge in [-0.05, 0) is 32.9 Å². The van der Waals surface area contributed by atoms with Crippen LogP contribution < -0.4 is 0 Å². The number of carbonyl (C=O) groups excluding carboxylic acids is 1. The van der Waals surface area contributed by atoms with Crippen molar-refractivity contribution in [2.75, 3.05) is 39.5 Å². The molecule has 0 aromatic carbocycles. The van der Waals surface area contributed by atoms with Gasteiger partial charge in [0.25, 0.3) is 0 Å². The largest absolute Gasteiger partial charge is 0.464 e. The summed E-state index contributed by atoms with van der Waals surface area (Å²) in [6, 6.07) is 0. The molecule has 0 aromatic heterocycles. The first-order valence-corrected chi connectivity index (χ1v) is 7.20. The molecule has 0 rings (SSSR count). The zero-order chi connectivity index (χ0) is 13.6. The number of esters is 1. The second-order valence-electron chi connectivity index (χ2n) is 4.41. The molecule has 0 unspecified atom stereocenters. The predicted octanol–water partition coefficient (Wildman–Crippen LogP) is 2.47. The van der Waals surface area contributed by atoms with Crippen LogP contribution in [0, 0.1) is 0 Å². The van der Waals surface area contributed by atoms with E-state index in [1.54, 1.807) is 6.92 Å². The number of unbranched alkanes of at least 4 members (excludes halogenated alkanes) is 2. The molecule has 0 aromatic rings. The van der Waals surface area contributed by atoms with Crippen LogP contribution in [0.2, 0.25) is 0 Å². The lowest BCUT2D eigenvalue weighted by Gasteiger charge is -2.21. The number of ether oxygens (including phenoxy) is 2. The van der Waals surface area contributed by atoms with Crippen molar-refractivity contribution in [2.45, 2.75) is 46.5 Å². The summed E-state index contributed by atoms with van der Waals surface area (Å²) in [5, 5.41) is 0. The molecule has 0 aliphatic carbocycles. The van der Waals surface area contributed by atoms with Crippen LogP contribution in [0.25, 0.3) is 0 Å². The van der Waals surface area contributed by atoms with Crippen molar-refractivity contribution >= 4 is 5.97 Å². The van der Waals surface area contributed by atoms with Crippen LogP contribution in [0.1, 0.15) is 46.5 Å². The summed E-state index contributed by atoms with van der Waals surface area (Å²) in [6.45, 7) is 10.5. The topological polar surface area (TPSA) is 38.8 Å². The Labute approximate surface area is 112 Å². The van der Waals surface area contributed by atoms with Gasteiger partial charge in [-0.3, -0.25) is 0 Å². The van der Waals surface area contributed by atoms with Gasteiger partial charge in [-0.25, -0.2) is 4.79 Å². The monoisotopic (exact) mass is 259 g/mol. The van der Waals surface area contributed by atoms with E-state index < -0.39 is 0 Å². The van der Waals surface area contributed by atoms with Crippen LogP contribution in [-0.2, 0) is 14.3 Å². The van der Waals surface area contributed by atoms with Crippen molar-refractivity contribution < 1.29 is 14.3 Å². The van der Waals surface area contributed by atoms with Gasteiger partial charge in [-0.2, -0.15) is 0 Å². The SMILES string of the molecule is CCCCN(CCCC)CCOCC(=O)OCC. The van der Waals surface area contributed by atoms with Crippen LogP contribution in [0.15, 0.2) is 0 Å². The fourth-order valence-electron chi connectivity index (χ4n) is 1.65. The van der Waals surface area contributed by atoms with E-state index in [4.69, 9.17) is 9.47 Å². The predicted molar refractivity (Wildman–Crippen MR) is 73.7 cm³/mol. The Bertz CT molecular complexity index is 189. The molecule has 4 nitrogen and oxygen atoms in total. The van der Waals surface area contributed by atoms with Gasteiger partial charge in [0.2, 0.25) is 0 Å². The molecule has 0 aliphatic rings. The molecular formula is C14H29NO3. The van der Waals surface area contributed by atoms with Crippen LogP contribution in [0.4, 0.5) is 0 Å². The Kier molecular flexibility index (Phi) is 12.4. The third kappa shape index (κ3) is 10.5. The number of nitrogens with zero attached hydrogens (tertiary/aromatic N) is 1. The molecule has 0 saturated heterocycles. The zero-order valence-corrected chi connectivity index (χ0v) is 12.2. The average molecular weight is 259 g/mol. The lowest BCUT2D eigenvalue weighted by molar-refractivity contribution is -0.148. The third-order valence-electron chi connectivity index (χ3n) is 2.73. The van der Waals surface area contributed by atoms with Gasteiger partial charge in [-0.1, -0.05) is 26.7 Å². The van der Waals surface area contributed by atoms with Gasteiger partial charge < -0.3 is 14.4 Å². The number of hydrogen-bond donors (Lipinski definition) is 0. The van der Waals surface area contributed by atoms with Crippen LogP contribution >= 0.6 is 0 Å². The maximum atomic E-state index is 11.1. The molecule has 0 radical (unpaired) electrons. The molecule has 108 valence electrons. The molecule has 0 N–H and O–H groups in total. The molecule has 0 heterocycles. The molecule has 18 heavy (non-hydrogen) atoms. The Morgan fingerprint density at radius 2 is 1.61 bits per heavy atom. The normalized spacial score (nSPS) is 10.9. The highest BCUT2D eigenvalue weighted by molar-refractivity contribution is 5.70. The minimum Gasteiger partial charge on any atom is -0.464 e. The van der Waals surface area contributed by atoms with Gasteiger partial charge in [-0.15, -0.1) is 0 Å². The van der Waals surface area contributed by atoms with Crippen molar-refractivity contribution in [1.82, 2.24) is 4.90 Å². The molecule has 0 spiro atoms. The van der Waals surface area contributed by atoms with Gasteiger partial charge in [0.1, 0.15) is 6.61 Å². The van der Waals surface area contributed by atoms with Gasteiger partial charge in [0.15, 0.2) is 0 Å². The van der Waals surface area contributed by atoms with Crippen LogP contribution in [0.3, 0.4) is 0 Å². The van der Waals surface area contributed by atoms with E-state index in [2.05, 4.69) is 18.7 Å². The van der Waals surface area contributed by atoms with E-state index in [0.717, 1.165) is 19.6 Å². The summed E-state index contributed by atoms with van der Waals surface area (Å²) >= 11 is 0. The van der Waals surface area contributed by atoms with Gasteiger partial charge in [0, 0.05) is 6.54 Å². The average Bonchev–Trinajstić information content (AvgIpc) is 2.37. The second kappa shape index (κ2) is 12.8. The highest BCUT2D eigenvalue weighted by Crippen LogP contribution is 1.99. The maximum absolute atomic E-state index is 11.1. The first kappa shape index (κ1) is 17.4. The molecule has 0 bridgehead atoms. The number of carbonyl (C=O) groups is 1. The van der Waals surface area contributed by atoms with E-state index in [-0.39, 0.29) is 12.6 Å². The molecule has 0 amide bonds. The van der Waals surface area contributed by atoms with Crippen molar-refractivity contribution in [3.63, 3.8) is 0 Å². The summed E-state index contributed by atoms with van der Waals surface area (Å²) in [5.74, 6) is -0.272. The Balaban J connectivity index is 3.63. The summed E-state index contributed by atoms with van der Waals surface area (Å²) in [6.07, 6.45) is 4.88. The number of hydrogen-bond acceptors (Lipinski definition) is 4. The van der Waals surface area contributed by atoms with Gasteiger partial charge >= 0.3 is 5.97 Å². The molecule has 0 aliphatic heterocycles. The van der Waals surface area contributed by atoms with Crippen molar-refractivity contribution in [1.29, 1.82) is 0 Å². The molecule has 0 saturated carbocycles. The van der Waals surface area contributed by atoms with Crippen LogP contribution in [-0.4, -0.2) is 50.3 Å². The minimum absolute atomic E-state index is 0.0727. The van der Waals surface area contributed by atoms with E-state index in [1.807, 2.05) is 0 Å². The lowest BCUT2D eigenvalue weighted by Crippen LogP contribution is -2.30. The summed E-state index contributed by atoms with van der Waals surface area (Å²) < 4.78 is 10.1. The highest BCUT2D eigenvalue weighted by Gasteiger charge is 2.05. The quantitative estimate of drug-likeness (QED) is 0.399. The van der Waals surface area contributed by atoms with Crippen molar-refractivity contribution in [3.8, 4) is 0 Å². The van der Waals surface area contributed by atoms with Gasteiger partial charge in [0.05, 0.1) is 13.2 Å². The summed E-state index contributed by atoms with van der Waals surface area (Å²) in [7, 11) is 0. The second-order valence-corrected chi connectivity index (χ2v) is 4.41. The van der Waals surface area contributed by atoms with Crippen LogP contribution in [0.5, 0.6) is 0 Å². The molecular weight excluding hydrogens is 230 g/mol. The molecule has 0 fully saturated rings. The minimum atomic E-state index is -0.272. The van der Waals surface area contributed by atoms with E-state index in [1.165, 1.54) is 25.7 Å². The highest BCUT2D eigenvalue weighted by atomic mass is 16.6. The number of rotatable bonds is 12. The Morgan fingerprint density at radius 1 is 1.00 bits per heavy atom. The fourth-order valence-corrected chi connectivity index (χ4v) is 1.65. The standard InChI is InChI=1S/C14H29NO3/c1-4-7-9-15(10-8-5-2)11-12-17-13-14(16)18-6-3/h4-13H2,1-3H3. The Morgan fingerprint density at radius 3 is 2.11 bits per heavy atom. The van der Waals surface area contributed by atoms with E-state index in [0.29, 0.717) is 13.2 Å². The smallest absolute Gasteiger partial charge is 0.332 e. The zero-order valence-electron chi connectivity index (χ0n) is 12.2.